The van der Waals surface area contributed by atoms with Gasteiger partial charge in [-0.05, 0) is 24.1 Å². The van der Waals surface area contributed by atoms with Gasteiger partial charge in [-0.25, -0.2) is 0 Å². The standard InChI is InChI=1S/C11H11F3N2O/c12-11(13,14)17-9-4-1-3-8(7-9)10(16)5-2-6-15/h1,3-4,7,10H,2,5,16H2. The second-order valence-electron chi connectivity index (χ2n) is 3.42. The number of halogens is 3. The lowest BCUT2D eigenvalue weighted by molar-refractivity contribution is -0.274. The van der Waals surface area contributed by atoms with E-state index in [-0.39, 0.29) is 12.2 Å². The first kappa shape index (κ1) is 13.3. The minimum absolute atomic E-state index is 0.255. The first-order valence-electron chi connectivity index (χ1n) is 4.90. The number of nitrogens with two attached hydrogens (primary N) is 1. The number of rotatable bonds is 4. The fourth-order valence-corrected chi connectivity index (χ4v) is 1.33. The van der Waals surface area contributed by atoms with E-state index in [1.807, 2.05) is 6.07 Å². The Morgan fingerprint density at radius 1 is 1.41 bits per heavy atom. The van der Waals surface area contributed by atoms with Crippen LogP contribution in [0.15, 0.2) is 24.3 Å². The molecule has 92 valence electrons. The summed E-state index contributed by atoms with van der Waals surface area (Å²) in [7, 11) is 0. The van der Waals surface area contributed by atoms with Gasteiger partial charge in [0.25, 0.3) is 0 Å². The summed E-state index contributed by atoms with van der Waals surface area (Å²) in [4.78, 5) is 0. The van der Waals surface area contributed by atoms with Crippen LogP contribution in [0.5, 0.6) is 5.75 Å². The average molecular weight is 244 g/mol. The Balaban J connectivity index is 2.75. The van der Waals surface area contributed by atoms with Crippen molar-refractivity contribution in [1.82, 2.24) is 0 Å². The normalized spacial score (nSPS) is 12.9. The fourth-order valence-electron chi connectivity index (χ4n) is 1.33. The van der Waals surface area contributed by atoms with Crippen molar-refractivity contribution in [2.24, 2.45) is 5.73 Å². The third kappa shape index (κ3) is 4.74. The second kappa shape index (κ2) is 5.55. The zero-order valence-corrected chi connectivity index (χ0v) is 8.87. The number of nitrogens with zero attached hydrogens (tertiary/aromatic N) is 1. The second-order valence-corrected chi connectivity index (χ2v) is 3.42. The van der Waals surface area contributed by atoms with Crippen LogP contribution in [0.3, 0.4) is 0 Å². The van der Waals surface area contributed by atoms with Crippen molar-refractivity contribution in [3.63, 3.8) is 0 Å². The van der Waals surface area contributed by atoms with Gasteiger partial charge < -0.3 is 10.5 Å². The zero-order chi connectivity index (χ0) is 12.9. The van der Waals surface area contributed by atoms with Crippen LogP contribution in [0.1, 0.15) is 24.4 Å². The van der Waals surface area contributed by atoms with Crippen molar-refractivity contribution >= 4 is 0 Å². The van der Waals surface area contributed by atoms with E-state index in [2.05, 4.69) is 4.74 Å². The Bertz CT molecular complexity index is 412. The van der Waals surface area contributed by atoms with Crippen LogP contribution < -0.4 is 10.5 Å². The summed E-state index contributed by atoms with van der Waals surface area (Å²) in [5.74, 6) is -0.303. The lowest BCUT2D eigenvalue weighted by atomic mass is 10.0. The molecule has 0 radical (unpaired) electrons. The van der Waals surface area contributed by atoms with E-state index in [1.54, 1.807) is 6.07 Å². The summed E-state index contributed by atoms with van der Waals surface area (Å²) >= 11 is 0. The smallest absolute Gasteiger partial charge is 0.406 e. The molecule has 0 saturated heterocycles. The molecule has 0 aliphatic carbocycles. The van der Waals surface area contributed by atoms with Gasteiger partial charge in [0.05, 0.1) is 6.07 Å². The number of alkyl halides is 3. The number of nitriles is 1. The molecule has 1 aromatic rings. The van der Waals surface area contributed by atoms with Crippen molar-refractivity contribution in [1.29, 1.82) is 5.26 Å². The molecule has 3 nitrogen and oxygen atoms in total. The summed E-state index contributed by atoms with van der Waals surface area (Å²) in [6.07, 6.45) is -4.06. The van der Waals surface area contributed by atoms with Gasteiger partial charge in [0.2, 0.25) is 0 Å². The number of hydrogen-bond donors (Lipinski definition) is 1. The minimum Gasteiger partial charge on any atom is -0.406 e. The molecule has 6 heteroatoms. The Labute approximate surface area is 96.6 Å². The van der Waals surface area contributed by atoms with Gasteiger partial charge in [0.1, 0.15) is 5.75 Å². The Morgan fingerprint density at radius 2 is 2.12 bits per heavy atom. The SMILES string of the molecule is N#CCCC(N)c1cccc(OC(F)(F)F)c1. The van der Waals surface area contributed by atoms with Gasteiger partial charge in [0, 0.05) is 12.5 Å². The molecule has 0 aliphatic rings. The minimum atomic E-state index is -4.71. The molecular formula is C11H11F3N2O. The highest BCUT2D eigenvalue weighted by atomic mass is 19.4. The maximum absolute atomic E-state index is 12.0. The van der Waals surface area contributed by atoms with E-state index in [0.717, 1.165) is 0 Å². The molecule has 1 rings (SSSR count). The van der Waals surface area contributed by atoms with Gasteiger partial charge in [-0.3, -0.25) is 0 Å². The van der Waals surface area contributed by atoms with Crippen LogP contribution in [0.4, 0.5) is 13.2 Å². The van der Waals surface area contributed by atoms with Crippen molar-refractivity contribution in [2.75, 3.05) is 0 Å². The Kier molecular flexibility index (Phi) is 4.35. The van der Waals surface area contributed by atoms with Crippen LogP contribution >= 0.6 is 0 Å². The van der Waals surface area contributed by atoms with E-state index in [0.29, 0.717) is 12.0 Å². The maximum atomic E-state index is 12.0. The molecule has 0 aromatic heterocycles. The molecule has 0 spiro atoms. The third-order valence-corrected chi connectivity index (χ3v) is 2.09. The largest absolute Gasteiger partial charge is 0.573 e. The monoisotopic (exact) mass is 244 g/mol. The first-order valence-corrected chi connectivity index (χ1v) is 4.90. The van der Waals surface area contributed by atoms with E-state index in [4.69, 9.17) is 11.0 Å². The average Bonchev–Trinajstić information content (AvgIpc) is 2.24. The summed E-state index contributed by atoms with van der Waals surface area (Å²) in [5, 5.41) is 8.39. The molecule has 17 heavy (non-hydrogen) atoms. The van der Waals surface area contributed by atoms with E-state index in [9.17, 15) is 13.2 Å². The van der Waals surface area contributed by atoms with Crippen molar-refractivity contribution in [3.8, 4) is 11.8 Å². The summed E-state index contributed by atoms with van der Waals surface area (Å²) in [5.41, 5.74) is 6.24. The predicted molar refractivity (Wildman–Crippen MR) is 54.9 cm³/mol. The molecule has 1 unspecified atom stereocenters. The summed E-state index contributed by atoms with van der Waals surface area (Å²) in [6.45, 7) is 0. The first-order chi connectivity index (χ1) is 7.92. The van der Waals surface area contributed by atoms with E-state index in [1.165, 1.54) is 18.2 Å². The Hall–Kier alpha value is -1.74. The molecule has 0 saturated carbocycles. The number of ether oxygens (including phenoxy) is 1. The highest BCUT2D eigenvalue weighted by Gasteiger charge is 2.31. The van der Waals surface area contributed by atoms with Crippen LogP contribution in [0, 0.1) is 11.3 Å². The lowest BCUT2D eigenvalue weighted by Crippen LogP contribution is -2.17. The van der Waals surface area contributed by atoms with Crippen LogP contribution in [-0.2, 0) is 0 Å². The highest BCUT2D eigenvalue weighted by molar-refractivity contribution is 5.30. The summed E-state index contributed by atoms with van der Waals surface area (Å²) < 4.78 is 39.7. The van der Waals surface area contributed by atoms with Gasteiger partial charge in [-0.2, -0.15) is 5.26 Å². The lowest BCUT2D eigenvalue weighted by Gasteiger charge is -2.13. The number of hydrogen-bond acceptors (Lipinski definition) is 3. The fraction of sp³-hybridized carbons (Fsp3) is 0.364. The van der Waals surface area contributed by atoms with Crippen molar-refractivity contribution in [3.05, 3.63) is 29.8 Å². The van der Waals surface area contributed by atoms with Crippen LogP contribution in [-0.4, -0.2) is 6.36 Å². The zero-order valence-electron chi connectivity index (χ0n) is 8.87. The molecule has 0 amide bonds. The van der Waals surface area contributed by atoms with Crippen LogP contribution in [0.25, 0.3) is 0 Å². The van der Waals surface area contributed by atoms with Crippen molar-refractivity contribution in [2.45, 2.75) is 25.2 Å². The number of benzene rings is 1. The van der Waals surface area contributed by atoms with E-state index >= 15 is 0 Å². The topological polar surface area (TPSA) is 59.0 Å². The van der Waals surface area contributed by atoms with Gasteiger partial charge >= 0.3 is 6.36 Å². The molecule has 1 atom stereocenters. The van der Waals surface area contributed by atoms with Crippen LogP contribution in [0.2, 0.25) is 0 Å². The third-order valence-electron chi connectivity index (χ3n) is 2.09. The van der Waals surface area contributed by atoms with Gasteiger partial charge in [0.15, 0.2) is 0 Å². The van der Waals surface area contributed by atoms with E-state index < -0.39 is 12.4 Å². The quantitative estimate of drug-likeness (QED) is 0.885. The maximum Gasteiger partial charge on any atom is 0.573 e. The Morgan fingerprint density at radius 3 is 2.71 bits per heavy atom. The molecular weight excluding hydrogens is 233 g/mol. The predicted octanol–water partition coefficient (Wildman–Crippen LogP) is 2.89. The molecule has 0 aliphatic heterocycles. The molecule has 0 heterocycles. The van der Waals surface area contributed by atoms with Gasteiger partial charge in [-0.15, -0.1) is 13.2 Å². The summed E-state index contributed by atoms with van der Waals surface area (Å²) in [6, 6.07) is 6.93. The van der Waals surface area contributed by atoms with Crippen molar-refractivity contribution < 1.29 is 17.9 Å². The van der Waals surface area contributed by atoms with Gasteiger partial charge in [-0.1, -0.05) is 12.1 Å². The molecule has 2 N–H and O–H groups in total. The molecule has 0 fully saturated rings. The molecule has 1 aromatic carbocycles. The molecule has 0 bridgehead atoms. The highest BCUT2D eigenvalue weighted by Crippen LogP contribution is 2.26.